The van der Waals surface area contributed by atoms with Crippen LogP contribution in [0.25, 0.3) is 0 Å². The van der Waals surface area contributed by atoms with Gasteiger partial charge in [-0.2, -0.15) is 4.98 Å². The number of aryl methyl sites for hydroxylation is 1. The van der Waals surface area contributed by atoms with Gasteiger partial charge in [-0.25, -0.2) is 9.78 Å². The molecule has 0 saturated carbocycles. The summed E-state index contributed by atoms with van der Waals surface area (Å²) < 4.78 is 5.44. The number of benzene rings is 1. The molecule has 0 aliphatic heterocycles. The highest BCUT2D eigenvalue weighted by molar-refractivity contribution is 5.88. The van der Waals surface area contributed by atoms with Crippen molar-refractivity contribution in [2.24, 2.45) is 0 Å². The average Bonchev–Trinajstić information content (AvgIpc) is 2.27. The van der Waals surface area contributed by atoms with Crippen molar-refractivity contribution in [3.05, 3.63) is 41.6 Å². The number of aromatic nitrogens is 2. The van der Waals surface area contributed by atoms with Gasteiger partial charge in [0.15, 0.2) is 0 Å². The summed E-state index contributed by atoms with van der Waals surface area (Å²) in [6.07, 6.45) is 0. The van der Waals surface area contributed by atoms with Gasteiger partial charge < -0.3 is 15.6 Å². The van der Waals surface area contributed by atoms with Gasteiger partial charge in [-0.3, -0.25) is 0 Å². The van der Waals surface area contributed by atoms with Crippen molar-refractivity contribution in [2.75, 3.05) is 5.73 Å². The smallest absolute Gasteiger partial charge is 0.335 e. The molecule has 18 heavy (non-hydrogen) atoms. The number of anilines is 1. The molecule has 6 heteroatoms. The van der Waals surface area contributed by atoms with E-state index in [2.05, 4.69) is 9.97 Å². The van der Waals surface area contributed by atoms with Crippen LogP contribution in [0.1, 0.15) is 16.1 Å². The molecule has 6 nitrogen and oxygen atoms in total. The monoisotopic (exact) mass is 245 g/mol. The third-order valence-corrected chi connectivity index (χ3v) is 2.15. The van der Waals surface area contributed by atoms with Crippen molar-refractivity contribution in [1.29, 1.82) is 0 Å². The summed E-state index contributed by atoms with van der Waals surface area (Å²) >= 11 is 0. The lowest BCUT2D eigenvalue weighted by Gasteiger charge is -2.06. The standard InChI is InChI=1S/C12H11N3O3/c1-7-5-10(15-12(13)14-7)18-9-4-2-3-8(6-9)11(16)17/h2-6H,1H3,(H,16,17)(H2,13,14,15). The Labute approximate surface area is 103 Å². The Morgan fingerprint density at radius 3 is 2.78 bits per heavy atom. The van der Waals surface area contributed by atoms with E-state index in [1.165, 1.54) is 12.1 Å². The predicted octanol–water partition coefficient (Wildman–Crippen LogP) is 1.86. The Bertz CT molecular complexity index is 579. The van der Waals surface area contributed by atoms with Gasteiger partial charge in [0, 0.05) is 11.8 Å². The molecule has 0 amide bonds. The molecule has 0 unspecified atom stereocenters. The number of hydrogen-bond acceptors (Lipinski definition) is 5. The normalized spacial score (nSPS) is 10.1. The van der Waals surface area contributed by atoms with Crippen molar-refractivity contribution in [3.63, 3.8) is 0 Å². The molecule has 2 aromatic rings. The number of carboxylic acid groups (broad SMARTS) is 1. The minimum Gasteiger partial charge on any atom is -0.478 e. The molecule has 1 aromatic heterocycles. The summed E-state index contributed by atoms with van der Waals surface area (Å²) in [7, 11) is 0. The van der Waals surface area contributed by atoms with E-state index < -0.39 is 5.97 Å². The minimum absolute atomic E-state index is 0.111. The van der Waals surface area contributed by atoms with Crippen LogP contribution in [-0.2, 0) is 0 Å². The van der Waals surface area contributed by atoms with Gasteiger partial charge in [0.05, 0.1) is 5.56 Å². The zero-order valence-corrected chi connectivity index (χ0v) is 9.62. The van der Waals surface area contributed by atoms with E-state index in [4.69, 9.17) is 15.6 Å². The van der Waals surface area contributed by atoms with E-state index in [1.54, 1.807) is 25.1 Å². The van der Waals surface area contributed by atoms with Crippen molar-refractivity contribution in [1.82, 2.24) is 9.97 Å². The van der Waals surface area contributed by atoms with E-state index in [0.29, 0.717) is 11.4 Å². The fourth-order valence-corrected chi connectivity index (χ4v) is 1.43. The molecule has 1 heterocycles. The molecule has 1 aromatic carbocycles. The minimum atomic E-state index is -1.01. The van der Waals surface area contributed by atoms with E-state index in [-0.39, 0.29) is 17.4 Å². The quantitative estimate of drug-likeness (QED) is 0.856. The number of nitrogens with zero attached hydrogens (tertiary/aromatic N) is 2. The van der Waals surface area contributed by atoms with Crippen LogP contribution in [0.5, 0.6) is 11.6 Å². The van der Waals surface area contributed by atoms with Gasteiger partial charge in [-0.05, 0) is 25.1 Å². The zero-order chi connectivity index (χ0) is 13.1. The molecule has 0 radical (unpaired) electrons. The fraction of sp³-hybridized carbons (Fsp3) is 0.0833. The molecule has 0 aliphatic carbocycles. The van der Waals surface area contributed by atoms with Crippen LogP contribution in [0, 0.1) is 6.92 Å². The van der Waals surface area contributed by atoms with Crippen molar-refractivity contribution in [2.45, 2.75) is 6.92 Å². The number of nitrogen functional groups attached to an aromatic ring is 1. The van der Waals surface area contributed by atoms with Crippen LogP contribution in [0.15, 0.2) is 30.3 Å². The van der Waals surface area contributed by atoms with Gasteiger partial charge in [0.2, 0.25) is 11.8 Å². The number of carbonyl (C=O) groups is 1. The molecular formula is C12H11N3O3. The highest BCUT2D eigenvalue weighted by atomic mass is 16.5. The molecule has 0 aliphatic rings. The number of rotatable bonds is 3. The van der Waals surface area contributed by atoms with Crippen molar-refractivity contribution < 1.29 is 14.6 Å². The summed E-state index contributed by atoms with van der Waals surface area (Å²) in [5, 5.41) is 8.86. The van der Waals surface area contributed by atoms with Crippen LogP contribution in [0.2, 0.25) is 0 Å². The Kier molecular flexibility index (Phi) is 3.09. The lowest BCUT2D eigenvalue weighted by Crippen LogP contribution is -2.00. The fourth-order valence-electron chi connectivity index (χ4n) is 1.43. The molecule has 0 spiro atoms. The maximum atomic E-state index is 10.8. The van der Waals surface area contributed by atoms with E-state index in [1.807, 2.05) is 0 Å². The Hall–Kier alpha value is -2.63. The average molecular weight is 245 g/mol. The van der Waals surface area contributed by atoms with E-state index in [0.717, 1.165) is 0 Å². The van der Waals surface area contributed by atoms with Gasteiger partial charge in [-0.1, -0.05) is 6.07 Å². The molecule has 0 atom stereocenters. The van der Waals surface area contributed by atoms with Crippen LogP contribution in [0.3, 0.4) is 0 Å². The van der Waals surface area contributed by atoms with Crippen molar-refractivity contribution >= 4 is 11.9 Å². The second kappa shape index (κ2) is 4.70. The molecule has 92 valence electrons. The maximum Gasteiger partial charge on any atom is 0.335 e. The van der Waals surface area contributed by atoms with Gasteiger partial charge >= 0.3 is 5.97 Å². The zero-order valence-electron chi connectivity index (χ0n) is 9.62. The molecule has 0 fully saturated rings. The first-order valence-corrected chi connectivity index (χ1v) is 5.17. The summed E-state index contributed by atoms with van der Waals surface area (Å²) in [6, 6.07) is 7.74. The molecular weight excluding hydrogens is 234 g/mol. The van der Waals surface area contributed by atoms with Crippen LogP contribution in [-0.4, -0.2) is 21.0 Å². The molecule has 3 N–H and O–H groups in total. The highest BCUT2D eigenvalue weighted by Crippen LogP contribution is 2.21. The van der Waals surface area contributed by atoms with Gasteiger partial charge in [0.25, 0.3) is 0 Å². The SMILES string of the molecule is Cc1cc(Oc2cccc(C(=O)O)c2)nc(N)n1. The Morgan fingerprint density at radius 2 is 2.11 bits per heavy atom. The van der Waals surface area contributed by atoms with Gasteiger partial charge in [-0.15, -0.1) is 0 Å². The second-order valence-electron chi connectivity index (χ2n) is 3.64. The summed E-state index contributed by atoms with van der Waals surface area (Å²) in [5.41, 5.74) is 6.31. The predicted molar refractivity (Wildman–Crippen MR) is 64.7 cm³/mol. The number of carboxylic acids is 1. The molecule has 0 bridgehead atoms. The highest BCUT2D eigenvalue weighted by Gasteiger charge is 2.06. The summed E-state index contributed by atoms with van der Waals surface area (Å²) in [5.74, 6) is -0.242. The van der Waals surface area contributed by atoms with E-state index >= 15 is 0 Å². The summed E-state index contributed by atoms with van der Waals surface area (Å²) in [4.78, 5) is 18.6. The lowest BCUT2D eigenvalue weighted by molar-refractivity contribution is 0.0696. The number of aromatic carboxylic acids is 1. The van der Waals surface area contributed by atoms with E-state index in [9.17, 15) is 4.79 Å². The van der Waals surface area contributed by atoms with Crippen molar-refractivity contribution in [3.8, 4) is 11.6 Å². The van der Waals surface area contributed by atoms with Crippen LogP contribution >= 0.6 is 0 Å². The second-order valence-corrected chi connectivity index (χ2v) is 3.64. The number of hydrogen-bond donors (Lipinski definition) is 2. The first kappa shape index (κ1) is 11.8. The van der Waals surface area contributed by atoms with Crippen LogP contribution in [0.4, 0.5) is 5.95 Å². The lowest BCUT2D eigenvalue weighted by atomic mass is 10.2. The first-order valence-electron chi connectivity index (χ1n) is 5.17. The Balaban J connectivity index is 2.28. The summed E-state index contributed by atoms with van der Waals surface area (Å²) in [6.45, 7) is 1.76. The number of ether oxygens (including phenoxy) is 1. The molecule has 2 rings (SSSR count). The topological polar surface area (TPSA) is 98.3 Å². The van der Waals surface area contributed by atoms with Crippen LogP contribution < -0.4 is 10.5 Å². The van der Waals surface area contributed by atoms with Gasteiger partial charge in [0.1, 0.15) is 5.75 Å². The third-order valence-electron chi connectivity index (χ3n) is 2.15. The molecule has 0 saturated heterocycles. The maximum absolute atomic E-state index is 10.8. The largest absolute Gasteiger partial charge is 0.478 e. The first-order chi connectivity index (χ1) is 8.54. The Morgan fingerprint density at radius 1 is 1.33 bits per heavy atom. The third kappa shape index (κ3) is 2.73. The number of nitrogens with two attached hydrogens (primary N) is 1.